The largest absolute Gasteiger partial charge is 0.543 e. The van der Waals surface area contributed by atoms with E-state index in [-0.39, 0.29) is 6.04 Å². The zero-order valence-corrected chi connectivity index (χ0v) is 7.41. The van der Waals surface area contributed by atoms with E-state index < -0.39 is 23.5 Å². The molecule has 1 fully saturated rings. The molecule has 0 atom stereocenters. The fourth-order valence-electron chi connectivity index (χ4n) is 1.28. The van der Waals surface area contributed by atoms with E-state index in [1.807, 2.05) is 0 Å². The number of nitrogens with zero attached hydrogens (tertiary/aromatic N) is 2. The van der Waals surface area contributed by atoms with Gasteiger partial charge in [0.05, 0.1) is 17.7 Å². The fraction of sp³-hybridized carbons (Fsp3) is 0.500. The highest BCUT2D eigenvalue weighted by atomic mass is 19.4. The molecule has 0 aliphatic heterocycles. The van der Waals surface area contributed by atoms with Crippen LogP contribution in [0.15, 0.2) is 6.07 Å². The second-order valence-electron chi connectivity index (χ2n) is 3.38. The molecule has 7 heteroatoms. The number of hydrogen-bond donors (Lipinski definition) is 0. The molecule has 4 nitrogen and oxygen atoms in total. The zero-order chi connectivity index (χ0) is 11.2. The van der Waals surface area contributed by atoms with Crippen LogP contribution in [0.3, 0.4) is 0 Å². The van der Waals surface area contributed by atoms with Gasteiger partial charge in [0, 0.05) is 0 Å². The molecule has 1 aromatic rings. The third-order valence-corrected chi connectivity index (χ3v) is 2.13. The van der Waals surface area contributed by atoms with Crippen molar-refractivity contribution < 1.29 is 23.1 Å². The van der Waals surface area contributed by atoms with Crippen LogP contribution < -0.4 is 5.11 Å². The molecule has 1 saturated carbocycles. The number of carbonyl (C=O) groups excluding carboxylic acids is 1. The second-order valence-corrected chi connectivity index (χ2v) is 3.38. The average Bonchev–Trinajstić information content (AvgIpc) is 2.81. The molecule has 1 aromatic heterocycles. The van der Waals surface area contributed by atoms with Gasteiger partial charge in [-0.1, -0.05) is 0 Å². The van der Waals surface area contributed by atoms with Crippen LogP contribution in [0.4, 0.5) is 13.2 Å². The van der Waals surface area contributed by atoms with Gasteiger partial charge in [-0.05, 0) is 18.9 Å². The molecule has 1 heterocycles. The number of aromatic nitrogens is 2. The van der Waals surface area contributed by atoms with Crippen molar-refractivity contribution in [3.05, 3.63) is 17.5 Å². The molecule has 15 heavy (non-hydrogen) atoms. The van der Waals surface area contributed by atoms with Crippen LogP contribution in [0.2, 0.25) is 0 Å². The number of carboxylic acid groups (broad SMARTS) is 1. The summed E-state index contributed by atoms with van der Waals surface area (Å²) in [7, 11) is 0. The predicted octanol–water partition coefficient (Wildman–Crippen LogP) is 0.600. The van der Waals surface area contributed by atoms with Gasteiger partial charge in [-0.15, -0.1) is 0 Å². The van der Waals surface area contributed by atoms with Crippen molar-refractivity contribution in [1.82, 2.24) is 9.78 Å². The van der Waals surface area contributed by atoms with Gasteiger partial charge in [-0.25, -0.2) is 0 Å². The maximum absolute atomic E-state index is 12.2. The molecule has 0 saturated heterocycles. The summed E-state index contributed by atoms with van der Waals surface area (Å²) in [5.41, 5.74) is -1.70. The number of alkyl halides is 3. The van der Waals surface area contributed by atoms with Gasteiger partial charge in [-0.2, -0.15) is 18.3 Å². The van der Waals surface area contributed by atoms with Crippen molar-refractivity contribution in [2.45, 2.75) is 25.1 Å². The first-order valence-electron chi connectivity index (χ1n) is 4.27. The normalized spacial score (nSPS) is 16.7. The highest BCUT2D eigenvalue weighted by Crippen LogP contribution is 2.37. The standard InChI is InChI=1S/C8H7F3N2O2/c9-8(10,11)6-3-5(7(14)15)13(12-6)4-1-2-4/h3-4H,1-2H2,(H,14,15)/p-1. The third kappa shape index (κ3) is 1.81. The number of carboxylic acids is 1. The summed E-state index contributed by atoms with van der Waals surface area (Å²) in [5.74, 6) is -1.63. The van der Waals surface area contributed by atoms with Gasteiger partial charge in [-0.3, -0.25) is 4.68 Å². The topological polar surface area (TPSA) is 57.9 Å². The van der Waals surface area contributed by atoms with Crippen LogP contribution in [-0.4, -0.2) is 15.7 Å². The Kier molecular flexibility index (Phi) is 1.99. The van der Waals surface area contributed by atoms with Crippen molar-refractivity contribution in [1.29, 1.82) is 0 Å². The lowest BCUT2D eigenvalue weighted by Crippen LogP contribution is -2.25. The summed E-state index contributed by atoms with van der Waals surface area (Å²) < 4.78 is 37.6. The highest BCUT2D eigenvalue weighted by molar-refractivity contribution is 5.84. The van der Waals surface area contributed by atoms with E-state index in [1.165, 1.54) is 0 Å². The molecule has 0 amide bonds. The van der Waals surface area contributed by atoms with Crippen molar-refractivity contribution in [2.75, 3.05) is 0 Å². The van der Waals surface area contributed by atoms with Crippen molar-refractivity contribution in [3.63, 3.8) is 0 Å². The van der Waals surface area contributed by atoms with E-state index in [0.717, 1.165) is 4.68 Å². The summed E-state index contributed by atoms with van der Waals surface area (Å²) in [4.78, 5) is 10.6. The van der Waals surface area contributed by atoms with Crippen LogP contribution in [0.5, 0.6) is 0 Å². The fourth-order valence-corrected chi connectivity index (χ4v) is 1.28. The third-order valence-electron chi connectivity index (χ3n) is 2.13. The predicted molar refractivity (Wildman–Crippen MR) is 39.8 cm³/mol. The van der Waals surface area contributed by atoms with Crippen molar-refractivity contribution >= 4 is 5.97 Å². The molecular formula is C8H6F3N2O2-. The van der Waals surface area contributed by atoms with Gasteiger partial charge in [0.25, 0.3) is 0 Å². The molecule has 0 spiro atoms. The Labute approximate surface area is 82.3 Å². The van der Waals surface area contributed by atoms with Crippen molar-refractivity contribution in [2.24, 2.45) is 0 Å². The summed E-state index contributed by atoms with van der Waals surface area (Å²) in [6.45, 7) is 0. The van der Waals surface area contributed by atoms with Gasteiger partial charge >= 0.3 is 6.18 Å². The SMILES string of the molecule is O=C([O-])c1cc(C(F)(F)F)nn1C1CC1. The van der Waals surface area contributed by atoms with E-state index in [0.29, 0.717) is 18.9 Å². The molecule has 0 aromatic carbocycles. The van der Waals surface area contributed by atoms with Gasteiger partial charge in [0.15, 0.2) is 5.69 Å². The van der Waals surface area contributed by atoms with Crippen LogP contribution in [-0.2, 0) is 6.18 Å². The molecule has 1 aliphatic rings. The van der Waals surface area contributed by atoms with Crippen LogP contribution in [0, 0.1) is 0 Å². The maximum Gasteiger partial charge on any atom is 0.435 e. The number of carbonyl (C=O) groups is 1. The Balaban J connectivity index is 2.44. The minimum absolute atomic E-state index is 0.228. The number of aromatic carboxylic acids is 1. The first kappa shape index (κ1) is 10.0. The van der Waals surface area contributed by atoms with E-state index in [2.05, 4.69) is 5.10 Å². The summed E-state index contributed by atoms with van der Waals surface area (Å²) in [6, 6.07) is 0.280. The maximum atomic E-state index is 12.2. The summed E-state index contributed by atoms with van der Waals surface area (Å²) >= 11 is 0. The van der Waals surface area contributed by atoms with Gasteiger partial charge < -0.3 is 9.90 Å². The van der Waals surface area contributed by atoms with E-state index in [9.17, 15) is 23.1 Å². The minimum atomic E-state index is -4.62. The van der Waals surface area contributed by atoms with Gasteiger partial charge in [0.1, 0.15) is 0 Å². The lowest BCUT2D eigenvalue weighted by atomic mass is 10.3. The average molecular weight is 219 g/mol. The quantitative estimate of drug-likeness (QED) is 0.731. The number of rotatable bonds is 2. The van der Waals surface area contributed by atoms with Gasteiger partial charge in [0.2, 0.25) is 0 Å². The zero-order valence-electron chi connectivity index (χ0n) is 7.41. The van der Waals surface area contributed by atoms with E-state index >= 15 is 0 Å². The first-order chi connectivity index (χ1) is 6.89. The molecule has 0 unspecified atom stereocenters. The van der Waals surface area contributed by atoms with E-state index in [1.54, 1.807) is 0 Å². The Hall–Kier alpha value is -1.53. The van der Waals surface area contributed by atoms with Crippen LogP contribution in [0.25, 0.3) is 0 Å². The highest BCUT2D eigenvalue weighted by Gasteiger charge is 2.37. The molecule has 82 valence electrons. The van der Waals surface area contributed by atoms with Crippen LogP contribution >= 0.6 is 0 Å². The Morgan fingerprint density at radius 2 is 2.13 bits per heavy atom. The smallest absolute Gasteiger partial charge is 0.435 e. The molecular weight excluding hydrogens is 213 g/mol. The number of halogens is 3. The Morgan fingerprint density at radius 1 is 1.53 bits per heavy atom. The lowest BCUT2D eigenvalue weighted by Gasteiger charge is -2.05. The Bertz CT molecular complexity index is 407. The van der Waals surface area contributed by atoms with Crippen molar-refractivity contribution in [3.8, 4) is 0 Å². The molecule has 0 N–H and O–H groups in total. The summed E-state index contributed by atoms with van der Waals surface area (Å²) in [5, 5.41) is 13.8. The monoisotopic (exact) mass is 219 g/mol. The molecule has 1 aliphatic carbocycles. The molecule has 0 bridgehead atoms. The minimum Gasteiger partial charge on any atom is -0.543 e. The number of hydrogen-bond acceptors (Lipinski definition) is 3. The van der Waals surface area contributed by atoms with E-state index in [4.69, 9.17) is 0 Å². The second kappa shape index (κ2) is 2.98. The lowest BCUT2D eigenvalue weighted by molar-refractivity contribution is -0.255. The first-order valence-corrected chi connectivity index (χ1v) is 4.27. The Morgan fingerprint density at radius 3 is 2.53 bits per heavy atom. The summed E-state index contributed by atoms with van der Waals surface area (Å²) in [6.07, 6.45) is -3.32. The molecule has 2 rings (SSSR count). The molecule has 0 radical (unpaired) electrons. The van der Waals surface area contributed by atoms with Crippen LogP contribution in [0.1, 0.15) is 35.1 Å².